The SMILES string of the molecule is Nc1nc(-c2ccc(C(=O)N=O)nc2)c(N)nc1C(=O)O. The van der Waals surface area contributed by atoms with E-state index in [0.29, 0.717) is 5.56 Å². The lowest BCUT2D eigenvalue weighted by Gasteiger charge is -2.07. The highest BCUT2D eigenvalue weighted by Crippen LogP contribution is 2.24. The smallest absolute Gasteiger partial charge is 0.358 e. The van der Waals surface area contributed by atoms with Crippen LogP contribution in [0.3, 0.4) is 0 Å². The second-order valence-corrected chi connectivity index (χ2v) is 3.83. The van der Waals surface area contributed by atoms with Crippen molar-refractivity contribution in [2.75, 3.05) is 11.5 Å². The van der Waals surface area contributed by atoms with Crippen molar-refractivity contribution in [3.63, 3.8) is 0 Å². The molecule has 0 aliphatic heterocycles. The maximum Gasteiger partial charge on any atom is 0.358 e. The van der Waals surface area contributed by atoms with Gasteiger partial charge in [-0.05, 0) is 12.1 Å². The molecule has 0 aliphatic carbocycles. The van der Waals surface area contributed by atoms with Crippen LogP contribution in [0.4, 0.5) is 11.6 Å². The van der Waals surface area contributed by atoms with Crippen LogP contribution < -0.4 is 11.5 Å². The Kier molecular flexibility index (Phi) is 3.52. The first kappa shape index (κ1) is 14.0. The lowest BCUT2D eigenvalue weighted by molar-refractivity contribution is 0.0691. The number of carboxylic acids is 1. The molecule has 106 valence electrons. The molecule has 0 fully saturated rings. The van der Waals surface area contributed by atoms with Crippen LogP contribution in [0.25, 0.3) is 11.3 Å². The second-order valence-electron chi connectivity index (χ2n) is 3.83. The number of carbonyl (C=O) groups is 2. The summed E-state index contributed by atoms with van der Waals surface area (Å²) in [7, 11) is 0. The molecular formula is C11H8N6O4. The predicted molar refractivity (Wildman–Crippen MR) is 71.2 cm³/mol. The minimum absolute atomic E-state index is 0.114. The number of amides is 1. The molecule has 0 saturated heterocycles. The summed E-state index contributed by atoms with van der Waals surface area (Å²) in [4.78, 5) is 43.2. The van der Waals surface area contributed by atoms with Gasteiger partial charge in [-0.15, -0.1) is 4.91 Å². The summed E-state index contributed by atoms with van der Waals surface area (Å²) in [6.07, 6.45) is 1.22. The number of nitrogen functional groups attached to an aromatic ring is 2. The fourth-order valence-electron chi connectivity index (χ4n) is 1.54. The number of aromatic carboxylic acids is 1. The highest BCUT2D eigenvalue weighted by molar-refractivity contribution is 5.93. The largest absolute Gasteiger partial charge is 0.476 e. The fraction of sp³-hybridized carbons (Fsp3) is 0. The Morgan fingerprint density at radius 2 is 1.86 bits per heavy atom. The molecule has 0 unspecified atom stereocenters. The van der Waals surface area contributed by atoms with E-state index in [9.17, 15) is 14.5 Å². The third kappa shape index (κ3) is 2.63. The van der Waals surface area contributed by atoms with Gasteiger partial charge in [-0.2, -0.15) is 0 Å². The predicted octanol–water partition coefficient (Wildman–Crippen LogP) is 0.308. The van der Waals surface area contributed by atoms with Gasteiger partial charge in [0.2, 0.25) is 0 Å². The lowest BCUT2D eigenvalue weighted by Crippen LogP contribution is -2.11. The van der Waals surface area contributed by atoms with E-state index in [-0.39, 0.29) is 23.0 Å². The Morgan fingerprint density at radius 1 is 1.14 bits per heavy atom. The number of hydrogen-bond donors (Lipinski definition) is 3. The zero-order chi connectivity index (χ0) is 15.6. The normalized spacial score (nSPS) is 10.1. The highest BCUT2D eigenvalue weighted by Gasteiger charge is 2.17. The average molecular weight is 288 g/mol. The molecule has 0 bridgehead atoms. The van der Waals surface area contributed by atoms with E-state index in [1.165, 1.54) is 18.3 Å². The summed E-state index contributed by atoms with van der Waals surface area (Å²) < 4.78 is 0. The fourth-order valence-corrected chi connectivity index (χ4v) is 1.54. The van der Waals surface area contributed by atoms with E-state index < -0.39 is 17.6 Å². The van der Waals surface area contributed by atoms with Crippen LogP contribution in [0.5, 0.6) is 0 Å². The number of anilines is 2. The second kappa shape index (κ2) is 5.28. The number of rotatable bonds is 3. The Labute approximate surface area is 116 Å². The monoisotopic (exact) mass is 288 g/mol. The van der Waals surface area contributed by atoms with Crippen LogP contribution >= 0.6 is 0 Å². The van der Waals surface area contributed by atoms with Gasteiger partial charge in [0.25, 0.3) is 0 Å². The molecule has 0 saturated carbocycles. The Morgan fingerprint density at radius 3 is 2.38 bits per heavy atom. The number of nitrogens with two attached hydrogens (primary N) is 2. The number of nitroso groups, excluding NO2 is 1. The third-order valence-corrected chi connectivity index (χ3v) is 2.49. The van der Waals surface area contributed by atoms with Gasteiger partial charge in [0.05, 0.1) is 0 Å². The van der Waals surface area contributed by atoms with Crippen molar-refractivity contribution in [3.05, 3.63) is 34.6 Å². The maximum atomic E-state index is 11.0. The van der Waals surface area contributed by atoms with Crippen molar-refractivity contribution in [2.24, 2.45) is 5.18 Å². The lowest BCUT2D eigenvalue weighted by atomic mass is 10.2. The van der Waals surface area contributed by atoms with Crippen molar-refractivity contribution < 1.29 is 14.7 Å². The van der Waals surface area contributed by atoms with E-state index in [4.69, 9.17) is 16.6 Å². The van der Waals surface area contributed by atoms with Crippen molar-refractivity contribution >= 4 is 23.5 Å². The Balaban J connectivity index is 2.47. The van der Waals surface area contributed by atoms with Crippen LogP contribution in [0.2, 0.25) is 0 Å². The topological polar surface area (TPSA) is 175 Å². The van der Waals surface area contributed by atoms with Gasteiger partial charge in [-0.3, -0.25) is 9.78 Å². The summed E-state index contributed by atoms with van der Waals surface area (Å²) in [6.45, 7) is 0. The van der Waals surface area contributed by atoms with Crippen LogP contribution in [0.1, 0.15) is 21.0 Å². The number of pyridine rings is 1. The summed E-state index contributed by atoms with van der Waals surface area (Å²) in [5.41, 5.74) is 11.0. The molecule has 2 aromatic rings. The van der Waals surface area contributed by atoms with Crippen LogP contribution in [0.15, 0.2) is 23.5 Å². The van der Waals surface area contributed by atoms with Crippen LogP contribution in [0, 0.1) is 4.91 Å². The zero-order valence-electron chi connectivity index (χ0n) is 10.3. The van der Waals surface area contributed by atoms with E-state index in [1.807, 2.05) is 0 Å². The summed E-state index contributed by atoms with van der Waals surface area (Å²) >= 11 is 0. The van der Waals surface area contributed by atoms with Crippen molar-refractivity contribution in [3.8, 4) is 11.3 Å². The van der Waals surface area contributed by atoms with Gasteiger partial charge in [0.1, 0.15) is 11.4 Å². The van der Waals surface area contributed by atoms with E-state index in [0.717, 1.165) is 0 Å². The maximum absolute atomic E-state index is 11.0. The van der Waals surface area contributed by atoms with Crippen LogP contribution in [-0.4, -0.2) is 31.9 Å². The Bertz CT molecular complexity index is 743. The molecule has 0 aliphatic rings. The van der Waals surface area contributed by atoms with Crippen molar-refractivity contribution in [1.82, 2.24) is 15.0 Å². The molecule has 5 N–H and O–H groups in total. The van der Waals surface area contributed by atoms with Gasteiger partial charge in [-0.1, -0.05) is 0 Å². The van der Waals surface area contributed by atoms with Crippen molar-refractivity contribution in [2.45, 2.75) is 0 Å². The molecule has 2 heterocycles. The summed E-state index contributed by atoms with van der Waals surface area (Å²) in [6, 6.07) is 2.66. The molecule has 2 aromatic heterocycles. The highest BCUT2D eigenvalue weighted by atomic mass is 16.4. The van der Waals surface area contributed by atoms with Gasteiger partial charge >= 0.3 is 11.9 Å². The Hall–Kier alpha value is -3.43. The summed E-state index contributed by atoms with van der Waals surface area (Å²) in [5.74, 6) is -2.83. The van der Waals surface area contributed by atoms with Gasteiger partial charge in [0.15, 0.2) is 17.3 Å². The molecule has 21 heavy (non-hydrogen) atoms. The van der Waals surface area contributed by atoms with E-state index in [2.05, 4.69) is 20.1 Å². The molecule has 0 radical (unpaired) electrons. The molecule has 0 atom stereocenters. The van der Waals surface area contributed by atoms with Gasteiger partial charge < -0.3 is 16.6 Å². The number of carbonyl (C=O) groups excluding carboxylic acids is 1. The molecule has 2 rings (SSSR count). The first-order valence-electron chi connectivity index (χ1n) is 5.44. The number of nitrogens with zero attached hydrogens (tertiary/aromatic N) is 4. The molecule has 0 aromatic carbocycles. The molecule has 1 amide bonds. The minimum Gasteiger partial charge on any atom is -0.476 e. The molecule has 10 nitrogen and oxygen atoms in total. The van der Waals surface area contributed by atoms with Crippen molar-refractivity contribution in [1.29, 1.82) is 0 Å². The standard InChI is InChI=1S/C11H8N6O4/c12-8-6(15-9(13)7(16-8)11(19)20)4-1-2-5(14-3-4)10(18)17-21/h1-3H,(H2,12,16)(H2,13,15)(H,19,20). The number of carboxylic acid groups (broad SMARTS) is 1. The summed E-state index contributed by atoms with van der Waals surface area (Å²) in [5, 5.41) is 11.1. The van der Waals surface area contributed by atoms with Crippen LogP contribution in [-0.2, 0) is 0 Å². The number of aromatic nitrogens is 3. The van der Waals surface area contributed by atoms with E-state index >= 15 is 0 Å². The molecule has 0 spiro atoms. The average Bonchev–Trinajstić information content (AvgIpc) is 2.48. The molecular weight excluding hydrogens is 280 g/mol. The van der Waals surface area contributed by atoms with Gasteiger partial charge in [-0.25, -0.2) is 14.8 Å². The first-order chi connectivity index (χ1) is 9.93. The quantitative estimate of drug-likeness (QED) is 0.670. The van der Waals surface area contributed by atoms with Gasteiger partial charge in [0, 0.05) is 16.9 Å². The minimum atomic E-state index is -1.35. The number of hydrogen-bond acceptors (Lipinski definition) is 8. The third-order valence-electron chi connectivity index (χ3n) is 2.49. The first-order valence-corrected chi connectivity index (χ1v) is 5.44. The zero-order valence-corrected chi connectivity index (χ0v) is 10.3. The van der Waals surface area contributed by atoms with E-state index in [1.54, 1.807) is 0 Å². The molecule has 10 heteroatoms.